The molecule has 1 atom stereocenters. The Morgan fingerprint density at radius 3 is 2.28 bits per heavy atom. The number of rotatable bonds is 12. The van der Waals surface area contributed by atoms with Crippen molar-refractivity contribution in [1.82, 2.24) is 5.32 Å². The van der Waals surface area contributed by atoms with Crippen LogP contribution in [-0.2, 0) is 9.47 Å². The van der Waals surface area contributed by atoms with Gasteiger partial charge >= 0.3 is 0 Å². The fraction of sp³-hybridized carbons (Fsp3) is 0.929. The molecule has 0 rings (SSSR count). The molecule has 0 amide bonds. The molecule has 0 aromatic rings. The van der Waals surface area contributed by atoms with Crippen molar-refractivity contribution >= 4 is 0 Å². The smallest absolute Gasteiger partial charge is 0.104 e. The van der Waals surface area contributed by atoms with Crippen LogP contribution < -0.4 is 5.32 Å². The lowest BCUT2D eigenvalue weighted by atomic mass is 9.98. The Balaban J connectivity index is 3.48. The Hall–Kier alpha value is -0.630. The molecule has 0 saturated heterocycles. The second kappa shape index (κ2) is 11.5. The number of nitriles is 1. The predicted molar refractivity (Wildman–Crippen MR) is 73.5 cm³/mol. The second-order valence-corrected chi connectivity index (χ2v) is 4.70. The molecule has 0 aliphatic carbocycles. The van der Waals surface area contributed by atoms with Crippen molar-refractivity contribution in [1.29, 1.82) is 5.26 Å². The van der Waals surface area contributed by atoms with E-state index in [-0.39, 0.29) is 0 Å². The Bertz CT molecular complexity index is 228. The van der Waals surface area contributed by atoms with Crippen molar-refractivity contribution in [2.75, 3.05) is 33.0 Å². The number of nitrogens with zero attached hydrogens (tertiary/aromatic N) is 1. The minimum absolute atomic E-state index is 0.419. The van der Waals surface area contributed by atoms with Gasteiger partial charge in [-0.25, -0.2) is 0 Å². The van der Waals surface area contributed by atoms with E-state index in [0.717, 1.165) is 38.8 Å². The lowest BCUT2D eigenvalue weighted by Gasteiger charge is -2.22. The van der Waals surface area contributed by atoms with Crippen LogP contribution in [-0.4, -0.2) is 38.5 Å². The monoisotopic (exact) mass is 256 g/mol. The summed E-state index contributed by atoms with van der Waals surface area (Å²) in [5, 5.41) is 12.4. The van der Waals surface area contributed by atoms with E-state index in [1.165, 1.54) is 0 Å². The van der Waals surface area contributed by atoms with Gasteiger partial charge in [-0.1, -0.05) is 13.8 Å². The fourth-order valence-electron chi connectivity index (χ4n) is 1.58. The van der Waals surface area contributed by atoms with E-state index >= 15 is 0 Å². The SMILES string of the molecule is CCCNC(C)(C#N)CCCOCCOCCC. The van der Waals surface area contributed by atoms with Gasteiger partial charge in [-0.3, -0.25) is 5.32 Å². The Morgan fingerprint density at radius 2 is 1.72 bits per heavy atom. The molecule has 0 heterocycles. The van der Waals surface area contributed by atoms with Gasteiger partial charge in [-0.05, 0) is 39.2 Å². The normalized spacial score (nSPS) is 14.1. The third kappa shape index (κ3) is 9.41. The van der Waals surface area contributed by atoms with Gasteiger partial charge in [0.05, 0.1) is 19.3 Å². The largest absolute Gasteiger partial charge is 0.379 e. The van der Waals surface area contributed by atoms with Crippen LogP contribution in [0.15, 0.2) is 0 Å². The van der Waals surface area contributed by atoms with Crippen LogP contribution >= 0.6 is 0 Å². The Kier molecular flexibility index (Phi) is 11.1. The van der Waals surface area contributed by atoms with Crippen molar-refractivity contribution in [2.24, 2.45) is 0 Å². The maximum Gasteiger partial charge on any atom is 0.104 e. The zero-order valence-corrected chi connectivity index (χ0v) is 12.1. The van der Waals surface area contributed by atoms with E-state index in [9.17, 15) is 0 Å². The topological polar surface area (TPSA) is 54.3 Å². The van der Waals surface area contributed by atoms with E-state index < -0.39 is 5.54 Å². The highest BCUT2D eigenvalue weighted by atomic mass is 16.5. The average Bonchev–Trinajstić information content (AvgIpc) is 2.39. The van der Waals surface area contributed by atoms with Gasteiger partial charge in [0, 0.05) is 13.2 Å². The number of nitrogens with one attached hydrogen (secondary N) is 1. The number of hydrogen-bond acceptors (Lipinski definition) is 4. The van der Waals surface area contributed by atoms with E-state index in [1.54, 1.807) is 0 Å². The first-order chi connectivity index (χ1) is 8.68. The average molecular weight is 256 g/mol. The van der Waals surface area contributed by atoms with E-state index in [4.69, 9.17) is 14.7 Å². The molecule has 0 aliphatic rings. The van der Waals surface area contributed by atoms with Gasteiger partial charge < -0.3 is 9.47 Å². The van der Waals surface area contributed by atoms with Gasteiger partial charge in [0.25, 0.3) is 0 Å². The fourth-order valence-corrected chi connectivity index (χ4v) is 1.58. The lowest BCUT2D eigenvalue weighted by molar-refractivity contribution is 0.0455. The van der Waals surface area contributed by atoms with Crippen LogP contribution in [0.25, 0.3) is 0 Å². The summed E-state index contributed by atoms with van der Waals surface area (Å²) in [6.45, 7) is 9.83. The summed E-state index contributed by atoms with van der Waals surface area (Å²) in [5.74, 6) is 0. The molecule has 0 radical (unpaired) electrons. The summed E-state index contributed by atoms with van der Waals surface area (Å²) >= 11 is 0. The number of ether oxygens (including phenoxy) is 2. The van der Waals surface area contributed by atoms with E-state index in [2.05, 4.69) is 25.2 Å². The molecule has 106 valence electrons. The van der Waals surface area contributed by atoms with E-state index in [1.807, 2.05) is 6.92 Å². The molecular formula is C14H28N2O2. The number of hydrogen-bond donors (Lipinski definition) is 1. The molecule has 1 N–H and O–H groups in total. The third-order valence-electron chi connectivity index (χ3n) is 2.70. The predicted octanol–water partition coefficient (Wildman–Crippen LogP) is 2.49. The molecule has 0 aliphatic heterocycles. The molecule has 0 fully saturated rings. The Morgan fingerprint density at radius 1 is 1.06 bits per heavy atom. The zero-order chi connectivity index (χ0) is 13.7. The minimum Gasteiger partial charge on any atom is -0.379 e. The van der Waals surface area contributed by atoms with Gasteiger partial charge in [-0.15, -0.1) is 0 Å². The third-order valence-corrected chi connectivity index (χ3v) is 2.70. The summed E-state index contributed by atoms with van der Waals surface area (Å²) in [6.07, 6.45) is 3.81. The maximum absolute atomic E-state index is 9.14. The molecule has 0 bridgehead atoms. The summed E-state index contributed by atoms with van der Waals surface area (Å²) in [4.78, 5) is 0. The molecule has 0 spiro atoms. The first kappa shape index (κ1) is 17.4. The molecule has 0 saturated carbocycles. The quantitative estimate of drug-likeness (QED) is 0.545. The van der Waals surface area contributed by atoms with Crippen LogP contribution in [0.3, 0.4) is 0 Å². The molecule has 0 aromatic heterocycles. The summed E-state index contributed by atoms with van der Waals surface area (Å²) in [6, 6.07) is 2.34. The van der Waals surface area contributed by atoms with Crippen molar-refractivity contribution in [3.05, 3.63) is 0 Å². The zero-order valence-electron chi connectivity index (χ0n) is 12.1. The van der Waals surface area contributed by atoms with Crippen LogP contribution in [0, 0.1) is 11.3 Å². The van der Waals surface area contributed by atoms with Crippen molar-refractivity contribution in [3.8, 4) is 6.07 Å². The van der Waals surface area contributed by atoms with Crippen molar-refractivity contribution < 1.29 is 9.47 Å². The maximum atomic E-state index is 9.14. The highest BCUT2D eigenvalue weighted by Crippen LogP contribution is 2.11. The van der Waals surface area contributed by atoms with Crippen molar-refractivity contribution in [3.63, 3.8) is 0 Å². The first-order valence-corrected chi connectivity index (χ1v) is 7.00. The van der Waals surface area contributed by atoms with Crippen LogP contribution in [0.4, 0.5) is 0 Å². The van der Waals surface area contributed by atoms with Gasteiger partial charge in [-0.2, -0.15) is 5.26 Å². The minimum atomic E-state index is -0.419. The van der Waals surface area contributed by atoms with E-state index in [0.29, 0.717) is 19.8 Å². The highest BCUT2D eigenvalue weighted by molar-refractivity contribution is 5.03. The first-order valence-electron chi connectivity index (χ1n) is 7.00. The molecule has 4 heteroatoms. The molecule has 1 unspecified atom stereocenters. The molecule has 18 heavy (non-hydrogen) atoms. The summed E-state index contributed by atoms with van der Waals surface area (Å²) in [7, 11) is 0. The standard InChI is InChI=1S/C14H28N2O2/c1-4-8-16-14(3,13-15)7-6-10-18-12-11-17-9-5-2/h16H,4-12H2,1-3H3. The van der Waals surface area contributed by atoms with Crippen LogP contribution in [0.5, 0.6) is 0 Å². The highest BCUT2D eigenvalue weighted by Gasteiger charge is 2.21. The van der Waals surface area contributed by atoms with Gasteiger partial charge in [0.1, 0.15) is 5.54 Å². The molecular weight excluding hydrogens is 228 g/mol. The summed E-state index contributed by atoms with van der Waals surface area (Å²) < 4.78 is 10.8. The second-order valence-electron chi connectivity index (χ2n) is 4.70. The Labute approximate surface area is 112 Å². The van der Waals surface area contributed by atoms with Crippen molar-refractivity contribution in [2.45, 2.75) is 52.0 Å². The summed E-state index contributed by atoms with van der Waals surface area (Å²) in [5.41, 5.74) is -0.419. The van der Waals surface area contributed by atoms with Gasteiger partial charge in [0.2, 0.25) is 0 Å². The van der Waals surface area contributed by atoms with Crippen LogP contribution in [0.2, 0.25) is 0 Å². The van der Waals surface area contributed by atoms with Gasteiger partial charge in [0.15, 0.2) is 0 Å². The molecule has 4 nitrogen and oxygen atoms in total. The van der Waals surface area contributed by atoms with Crippen LogP contribution in [0.1, 0.15) is 46.5 Å². The molecule has 0 aromatic carbocycles. The lowest BCUT2D eigenvalue weighted by Crippen LogP contribution is -2.41.